The van der Waals surface area contributed by atoms with E-state index in [1.807, 2.05) is 6.07 Å². The van der Waals surface area contributed by atoms with Crippen molar-refractivity contribution >= 4 is 5.97 Å². The third-order valence-electron chi connectivity index (χ3n) is 3.69. The van der Waals surface area contributed by atoms with E-state index in [-0.39, 0.29) is 5.69 Å². The Morgan fingerprint density at radius 3 is 3.00 bits per heavy atom. The molecule has 0 saturated heterocycles. The minimum Gasteiger partial charge on any atom is -0.476 e. The highest BCUT2D eigenvalue weighted by molar-refractivity contribution is 5.89. The maximum atomic E-state index is 11.1. The third-order valence-corrected chi connectivity index (χ3v) is 3.69. The number of carbonyl (C=O) groups is 1. The van der Waals surface area contributed by atoms with Crippen molar-refractivity contribution < 1.29 is 14.4 Å². The lowest BCUT2D eigenvalue weighted by atomic mass is 9.99. The zero-order valence-electron chi connectivity index (χ0n) is 10.8. The van der Waals surface area contributed by atoms with Gasteiger partial charge < -0.3 is 9.63 Å². The molecule has 0 atom stereocenters. The summed E-state index contributed by atoms with van der Waals surface area (Å²) in [5.74, 6) is -0.383. The molecule has 0 saturated carbocycles. The van der Waals surface area contributed by atoms with Crippen molar-refractivity contribution in [3.05, 3.63) is 40.6 Å². The first kappa shape index (κ1) is 12.0. The number of aromatic carboxylic acids is 1. The quantitative estimate of drug-likeness (QED) is 0.897. The fraction of sp³-hybridized carbons (Fsp3) is 0.333. The van der Waals surface area contributed by atoms with Crippen LogP contribution in [0, 0.1) is 0 Å². The Kier molecular flexibility index (Phi) is 2.85. The topological polar surface area (TPSA) is 63.3 Å². The fourth-order valence-electron chi connectivity index (χ4n) is 2.67. The van der Waals surface area contributed by atoms with Crippen molar-refractivity contribution in [2.24, 2.45) is 0 Å². The first-order valence-corrected chi connectivity index (χ1v) is 6.54. The molecule has 19 heavy (non-hydrogen) atoms. The number of hydrogen-bond donors (Lipinski definition) is 1. The number of benzene rings is 1. The molecule has 0 unspecified atom stereocenters. The first-order valence-electron chi connectivity index (χ1n) is 6.54. The van der Waals surface area contributed by atoms with Crippen molar-refractivity contribution in [3.8, 4) is 11.3 Å². The van der Waals surface area contributed by atoms with Gasteiger partial charge in [0.05, 0.1) is 0 Å². The van der Waals surface area contributed by atoms with Gasteiger partial charge >= 0.3 is 5.97 Å². The van der Waals surface area contributed by atoms with Crippen LogP contribution < -0.4 is 0 Å². The minimum atomic E-state index is -1.02. The summed E-state index contributed by atoms with van der Waals surface area (Å²) in [7, 11) is 0. The number of nitrogens with zero attached hydrogens (tertiary/aromatic N) is 1. The van der Waals surface area contributed by atoms with Crippen molar-refractivity contribution in [2.45, 2.75) is 32.6 Å². The molecule has 0 amide bonds. The molecule has 1 aromatic heterocycles. The smallest absolute Gasteiger partial charge is 0.358 e. The van der Waals surface area contributed by atoms with E-state index < -0.39 is 5.97 Å². The van der Waals surface area contributed by atoms with E-state index in [4.69, 9.17) is 9.63 Å². The molecule has 4 heteroatoms. The maximum absolute atomic E-state index is 11.1. The second-order valence-electron chi connectivity index (χ2n) is 4.84. The van der Waals surface area contributed by atoms with Gasteiger partial charge in [-0.25, -0.2) is 4.79 Å². The lowest BCUT2D eigenvalue weighted by Gasteiger charge is -2.06. The number of aromatic nitrogens is 1. The molecule has 0 bridgehead atoms. The number of fused-ring (bicyclic) bond motifs is 3. The molecule has 98 valence electrons. The van der Waals surface area contributed by atoms with Gasteiger partial charge in [-0.05, 0) is 36.8 Å². The molecule has 1 aliphatic rings. The highest BCUT2D eigenvalue weighted by Gasteiger charge is 2.25. The molecule has 0 aliphatic heterocycles. The number of rotatable bonds is 2. The van der Waals surface area contributed by atoms with Crippen LogP contribution in [0.25, 0.3) is 11.3 Å². The lowest BCUT2D eigenvalue weighted by Crippen LogP contribution is -2.01. The van der Waals surface area contributed by atoms with Crippen LogP contribution in [0.15, 0.2) is 22.7 Å². The summed E-state index contributed by atoms with van der Waals surface area (Å²) in [5.41, 5.74) is 4.30. The third kappa shape index (κ3) is 1.93. The van der Waals surface area contributed by atoms with Gasteiger partial charge in [0.25, 0.3) is 0 Å². The van der Waals surface area contributed by atoms with Crippen molar-refractivity contribution in [2.75, 3.05) is 0 Å². The summed E-state index contributed by atoms with van der Waals surface area (Å²) in [6.07, 6.45) is 3.58. The van der Waals surface area contributed by atoms with Crippen LogP contribution >= 0.6 is 0 Å². The Bertz CT molecular complexity index is 643. The van der Waals surface area contributed by atoms with Crippen LogP contribution in [0.2, 0.25) is 0 Å². The van der Waals surface area contributed by atoms with Gasteiger partial charge in [-0.15, -0.1) is 0 Å². The highest BCUT2D eigenvalue weighted by Crippen LogP contribution is 2.34. The summed E-state index contributed by atoms with van der Waals surface area (Å²) >= 11 is 0. The maximum Gasteiger partial charge on any atom is 0.358 e. The Balaban J connectivity index is 2.17. The van der Waals surface area contributed by atoms with E-state index in [0.29, 0.717) is 12.2 Å². The molecule has 0 fully saturated rings. The molecular formula is C15H15NO3. The van der Waals surface area contributed by atoms with E-state index in [1.165, 1.54) is 11.1 Å². The highest BCUT2D eigenvalue weighted by atomic mass is 16.5. The van der Waals surface area contributed by atoms with E-state index in [2.05, 4.69) is 24.2 Å². The number of aryl methyl sites for hydroxylation is 2. The van der Waals surface area contributed by atoms with Crippen molar-refractivity contribution in [3.63, 3.8) is 0 Å². The average Bonchev–Trinajstić information content (AvgIpc) is 2.74. The SMILES string of the molecule is CCc1ccc2c(c1)CCCc1c(C(=O)O)noc1-2. The Labute approximate surface area is 111 Å². The molecule has 0 spiro atoms. The van der Waals surface area contributed by atoms with Crippen molar-refractivity contribution in [1.29, 1.82) is 0 Å². The molecule has 1 aliphatic carbocycles. The molecular weight excluding hydrogens is 242 g/mol. The lowest BCUT2D eigenvalue weighted by molar-refractivity contribution is 0.0684. The van der Waals surface area contributed by atoms with E-state index in [0.717, 1.165) is 30.4 Å². The van der Waals surface area contributed by atoms with Gasteiger partial charge in [0.2, 0.25) is 0 Å². The van der Waals surface area contributed by atoms with Gasteiger partial charge in [0.1, 0.15) is 0 Å². The summed E-state index contributed by atoms with van der Waals surface area (Å²) in [4.78, 5) is 11.1. The summed E-state index contributed by atoms with van der Waals surface area (Å²) in [6.45, 7) is 2.13. The van der Waals surface area contributed by atoms with Gasteiger partial charge in [-0.2, -0.15) is 0 Å². The minimum absolute atomic E-state index is 0.0578. The normalized spacial score (nSPS) is 13.5. The second-order valence-corrected chi connectivity index (χ2v) is 4.84. The second kappa shape index (κ2) is 4.53. The number of hydrogen-bond acceptors (Lipinski definition) is 3. The molecule has 1 heterocycles. The first-order chi connectivity index (χ1) is 9.20. The molecule has 0 radical (unpaired) electrons. The molecule has 3 rings (SSSR count). The zero-order chi connectivity index (χ0) is 13.4. The van der Waals surface area contributed by atoms with Crippen LogP contribution in [0.4, 0.5) is 0 Å². The predicted octanol–water partition coefficient (Wildman–Crippen LogP) is 3.09. The largest absolute Gasteiger partial charge is 0.476 e. The summed E-state index contributed by atoms with van der Waals surface area (Å²) in [5, 5.41) is 12.8. The number of carboxylic acids is 1. The van der Waals surface area contributed by atoms with Gasteiger partial charge in [-0.3, -0.25) is 0 Å². The summed E-state index contributed by atoms with van der Waals surface area (Å²) < 4.78 is 5.30. The Hall–Kier alpha value is -2.10. The van der Waals surface area contributed by atoms with Crippen LogP contribution in [0.5, 0.6) is 0 Å². The van der Waals surface area contributed by atoms with Crippen LogP contribution in [0.1, 0.15) is 40.5 Å². The Morgan fingerprint density at radius 2 is 2.26 bits per heavy atom. The van der Waals surface area contributed by atoms with E-state index >= 15 is 0 Å². The van der Waals surface area contributed by atoms with Gasteiger partial charge in [0.15, 0.2) is 11.5 Å². The summed E-state index contributed by atoms with van der Waals surface area (Å²) in [6, 6.07) is 6.28. The molecule has 4 nitrogen and oxygen atoms in total. The van der Waals surface area contributed by atoms with E-state index in [9.17, 15) is 4.79 Å². The van der Waals surface area contributed by atoms with Crippen LogP contribution in [-0.4, -0.2) is 16.2 Å². The molecule has 2 aromatic rings. The van der Waals surface area contributed by atoms with Crippen molar-refractivity contribution in [1.82, 2.24) is 5.16 Å². The van der Waals surface area contributed by atoms with Crippen LogP contribution in [0.3, 0.4) is 0 Å². The fourth-order valence-corrected chi connectivity index (χ4v) is 2.67. The van der Waals surface area contributed by atoms with Crippen LogP contribution in [-0.2, 0) is 19.3 Å². The Morgan fingerprint density at radius 1 is 1.42 bits per heavy atom. The van der Waals surface area contributed by atoms with Gasteiger partial charge in [-0.1, -0.05) is 30.3 Å². The number of carboxylic acid groups (broad SMARTS) is 1. The molecule has 1 aromatic carbocycles. The monoisotopic (exact) mass is 257 g/mol. The molecule has 1 N–H and O–H groups in total. The van der Waals surface area contributed by atoms with Gasteiger partial charge in [0, 0.05) is 11.1 Å². The zero-order valence-corrected chi connectivity index (χ0v) is 10.8. The standard InChI is InChI=1S/C15H15NO3/c1-2-9-6-7-11-10(8-9)4-3-5-12-13(15(17)18)16-19-14(11)12/h6-8H,2-5H2,1H3,(H,17,18). The van der Waals surface area contributed by atoms with E-state index in [1.54, 1.807) is 0 Å². The predicted molar refractivity (Wildman–Crippen MR) is 70.3 cm³/mol. The average molecular weight is 257 g/mol.